The Kier molecular flexibility index (Phi) is 8.17. The van der Waals surface area contributed by atoms with Gasteiger partial charge in [0, 0.05) is 4.47 Å². The van der Waals surface area contributed by atoms with Gasteiger partial charge in [-0.3, -0.25) is 19.3 Å². The molecule has 1 fully saturated rings. The number of carbonyl (C=O) groups is 3. The van der Waals surface area contributed by atoms with Crippen molar-refractivity contribution in [1.29, 1.82) is 0 Å². The number of nitrogens with one attached hydrogen (secondary N) is 2. The molecule has 0 bridgehead atoms. The van der Waals surface area contributed by atoms with E-state index in [1.54, 1.807) is 23.1 Å². The summed E-state index contributed by atoms with van der Waals surface area (Å²) in [5.74, 6) is -1.62. The average Bonchev–Trinajstić information content (AvgIpc) is 2.96. The van der Waals surface area contributed by atoms with E-state index in [1.165, 1.54) is 0 Å². The van der Waals surface area contributed by atoms with Crippen molar-refractivity contribution in [2.45, 2.75) is 18.9 Å². The highest BCUT2D eigenvalue weighted by Crippen LogP contribution is 2.20. The van der Waals surface area contributed by atoms with Crippen LogP contribution in [-0.2, 0) is 14.4 Å². The number of benzene rings is 1. The number of nitrogens with zero attached hydrogens (tertiary/aromatic N) is 1. The average molecular weight is 421 g/mol. The molecule has 24 heavy (non-hydrogen) atoms. The van der Waals surface area contributed by atoms with E-state index in [0.717, 1.165) is 10.9 Å². The summed E-state index contributed by atoms with van der Waals surface area (Å²) in [6, 6.07) is 6.54. The molecule has 1 aliphatic heterocycles. The molecular formula is C15H19BrClN3O4. The van der Waals surface area contributed by atoms with E-state index in [0.29, 0.717) is 18.7 Å². The highest BCUT2D eigenvalue weighted by molar-refractivity contribution is 9.10. The number of aliphatic carboxylic acids is 1. The third-order valence-electron chi connectivity index (χ3n) is 3.59. The van der Waals surface area contributed by atoms with Crippen molar-refractivity contribution in [2.75, 3.05) is 25.0 Å². The molecule has 132 valence electrons. The quantitative estimate of drug-likeness (QED) is 0.647. The number of anilines is 1. The summed E-state index contributed by atoms with van der Waals surface area (Å²) in [6.45, 7) is 0.401. The number of carboxylic acids is 1. The number of hydrogen-bond donors (Lipinski definition) is 3. The van der Waals surface area contributed by atoms with Crippen LogP contribution in [0, 0.1) is 0 Å². The van der Waals surface area contributed by atoms with Gasteiger partial charge in [0.15, 0.2) is 0 Å². The standard InChI is InChI=1S/C15H18BrN3O4.ClH/c16-10-4-1-2-5-11(10)18-13(20)8-17-14(21)9-19-7-3-6-12(19)15(22)23;/h1-2,4-5,12H,3,6-9H2,(H,17,21)(H,18,20)(H,22,23);1H. The van der Waals surface area contributed by atoms with Crippen molar-refractivity contribution >= 4 is 51.8 Å². The Hall–Kier alpha value is -1.64. The Bertz CT molecular complexity index is 614. The highest BCUT2D eigenvalue weighted by Gasteiger charge is 2.31. The van der Waals surface area contributed by atoms with E-state index in [1.807, 2.05) is 6.07 Å². The maximum atomic E-state index is 11.9. The largest absolute Gasteiger partial charge is 0.480 e. The van der Waals surface area contributed by atoms with Gasteiger partial charge >= 0.3 is 5.97 Å². The molecule has 1 heterocycles. The number of para-hydroxylation sites is 1. The van der Waals surface area contributed by atoms with Gasteiger partial charge in [0.2, 0.25) is 11.8 Å². The Morgan fingerprint density at radius 2 is 1.96 bits per heavy atom. The molecular weight excluding hydrogens is 402 g/mol. The smallest absolute Gasteiger partial charge is 0.320 e. The SMILES string of the molecule is Cl.O=C(CN1CCCC1C(=O)O)NCC(=O)Nc1ccccc1Br. The fraction of sp³-hybridized carbons (Fsp3) is 0.400. The normalized spacial score (nSPS) is 17.0. The van der Waals surface area contributed by atoms with Crippen molar-refractivity contribution in [3.05, 3.63) is 28.7 Å². The van der Waals surface area contributed by atoms with Gasteiger partial charge in [-0.25, -0.2) is 0 Å². The lowest BCUT2D eigenvalue weighted by Gasteiger charge is -2.20. The van der Waals surface area contributed by atoms with E-state index in [2.05, 4.69) is 26.6 Å². The van der Waals surface area contributed by atoms with Crippen molar-refractivity contribution in [1.82, 2.24) is 10.2 Å². The molecule has 0 spiro atoms. The zero-order chi connectivity index (χ0) is 16.8. The molecule has 0 aliphatic carbocycles. The first-order valence-electron chi connectivity index (χ1n) is 7.25. The molecule has 0 radical (unpaired) electrons. The Labute approximate surface area is 154 Å². The van der Waals surface area contributed by atoms with Crippen molar-refractivity contribution in [3.63, 3.8) is 0 Å². The Balaban J connectivity index is 0.00000288. The molecule has 1 aliphatic rings. The zero-order valence-electron chi connectivity index (χ0n) is 12.8. The minimum Gasteiger partial charge on any atom is -0.480 e. The summed E-state index contributed by atoms with van der Waals surface area (Å²) in [5, 5.41) is 14.2. The number of halogens is 2. The van der Waals surface area contributed by atoms with E-state index >= 15 is 0 Å². The first kappa shape index (κ1) is 20.4. The van der Waals surface area contributed by atoms with Crippen molar-refractivity contribution in [3.8, 4) is 0 Å². The van der Waals surface area contributed by atoms with E-state index in [4.69, 9.17) is 5.11 Å². The van der Waals surface area contributed by atoms with Crippen LogP contribution in [0.25, 0.3) is 0 Å². The number of hydrogen-bond acceptors (Lipinski definition) is 4. The van der Waals surface area contributed by atoms with Crippen LogP contribution in [0.15, 0.2) is 28.7 Å². The first-order valence-corrected chi connectivity index (χ1v) is 8.04. The van der Waals surface area contributed by atoms with Crippen LogP contribution in [0.3, 0.4) is 0 Å². The summed E-state index contributed by atoms with van der Waals surface area (Å²) in [6.07, 6.45) is 1.30. The number of carbonyl (C=O) groups excluding carboxylic acids is 2. The van der Waals surface area contributed by atoms with Crippen LogP contribution in [0.5, 0.6) is 0 Å². The third-order valence-corrected chi connectivity index (χ3v) is 4.28. The van der Waals surface area contributed by atoms with Crippen LogP contribution in [-0.4, -0.2) is 53.5 Å². The molecule has 3 N–H and O–H groups in total. The second-order valence-electron chi connectivity index (χ2n) is 5.27. The predicted octanol–water partition coefficient (Wildman–Crippen LogP) is 1.47. The highest BCUT2D eigenvalue weighted by atomic mass is 79.9. The second kappa shape index (κ2) is 9.61. The lowest BCUT2D eigenvalue weighted by Crippen LogP contribution is -2.44. The monoisotopic (exact) mass is 419 g/mol. The minimum atomic E-state index is -0.915. The van der Waals surface area contributed by atoms with Gasteiger partial charge in [-0.1, -0.05) is 12.1 Å². The number of amides is 2. The molecule has 0 aromatic heterocycles. The summed E-state index contributed by atoms with van der Waals surface area (Å²) < 4.78 is 0.751. The van der Waals surface area contributed by atoms with Crippen LogP contribution < -0.4 is 10.6 Å². The number of rotatable bonds is 6. The number of likely N-dealkylation sites (tertiary alicyclic amines) is 1. The van der Waals surface area contributed by atoms with Gasteiger partial charge in [-0.2, -0.15) is 0 Å². The molecule has 1 aromatic carbocycles. The maximum Gasteiger partial charge on any atom is 0.320 e. The minimum absolute atomic E-state index is 0. The van der Waals surface area contributed by atoms with Gasteiger partial charge in [0.25, 0.3) is 0 Å². The Morgan fingerprint density at radius 3 is 2.62 bits per heavy atom. The Morgan fingerprint density at radius 1 is 1.25 bits per heavy atom. The van der Waals surface area contributed by atoms with Crippen LogP contribution in [0.4, 0.5) is 5.69 Å². The van der Waals surface area contributed by atoms with Crippen LogP contribution in [0.2, 0.25) is 0 Å². The topological polar surface area (TPSA) is 98.7 Å². The fourth-order valence-electron chi connectivity index (χ4n) is 2.47. The predicted molar refractivity (Wildman–Crippen MR) is 95.3 cm³/mol. The van der Waals surface area contributed by atoms with Gasteiger partial charge in [-0.15, -0.1) is 12.4 Å². The van der Waals surface area contributed by atoms with Gasteiger partial charge in [-0.05, 0) is 47.4 Å². The maximum absolute atomic E-state index is 11.9. The van der Waals surface area contributed by atoms with E-state index < -0.39 is 12.0 Å². The lowest BCUT2D eigenvalue weighted by atomic mass is 10.2. The number of carboxylic acid groups (broad SMARTS) is 1. The van der Waals surface area contributed by atoms with E-state index in [9.17, 15) is 14.4 Å². The first-order chi connectivity index (χ1) is 11.0. The van der Waals surface area contributed by atoms with Gasteiger partial charge < -0.3 is 15.7 Å². The molecule has 1 unspecified atom stereocenters. The molecule has 2 amide bonds. The second-order valence-corrected chi connectivity index (χ2v) is 6.13. The molecule has 2 rings (SSSR count). The molecule has 0 saturated carbocycles. The van der Waals surface area contributed by atoms with Crippen molar-refractivity contribution < 1.29 is 19.5 Å². The van der Waals surface area contributed by atoms with Gasteiger partial charge in [0.1, 0.15) is 6.04 Å². The molecule has 1 saturated heterocycles. The van der Waals surface area contributed by atoms with Crippen LogP contribution >= 0.6 is 28.3 Å². The molecule has 7 nitrogen and oxygen atoms in total. The third kappa shape index (κ3) is 5.77. The molecule has 1 aromatic rings. The summed E-state index contributed by atoms with van der Waals surface area (Å²) in [5.41, 5.74) is 0.622. The van der Waals surface area contributed by atoms with Gasteiger partial charge in [0.05, 0.1) is 18.8 Å². The summed E-state index contributed by atoms with van der Waals surface area (Å²) in [4.78, 5) is 36.3. The molecule has 9 heteroatoms. The van der Waals surface area contributed by atoms with E-state index in [-0.39, 0.29) is 37.3 Å². The van der Waals surface area contributed by atoms with Crippen LogP contribution in [0.1, 0.15) is 12.8 Å². The summed E-state index contributed by atoms with van der Waals surface area (Å²) in [7, 11) is 0. The molecule has 1 atom stereocenters. The lowest BCUT2D eigenvalue weighted by molar-refractivity contribution is -0.142. The fourth-order valence-corrected chi connectivity index (χ4v) is 2.86. The summed E-state index contributed by atoms with van der Waals surface area (Å²) >= 11 is 3.32. The zero-order valence-corrected chi connectivity index (χ0v) is 15.2. The van der Waals surface area contributed by atoms with Crippen molar-refractivity contribution in [2.24, 2.45) is 0 Å².